The van der Waals surface area contributed by atoms with E-state index in [1.165, 1.54) is 11.3 Å². The minimum Gasteiger partial charge on any atom is -0.391 e. The van der Waals surface area contributed by atoms with Crippen molar-refractivity contribution in [1.29, 1.82) is 0 Å². The molecule has 2 N–H and O–H groups in total. The molecule has 0 aliphatic carbocycles. The molecule has 7 heteroatoms. The number of ether oxygens (including phenoxy) is 2. The molecule has 20 heavy (non-hydrogen) atoms. The van der Waals surface area contributed by atoms with Crippen molar-refractivity contribution >= 4 is 16.3 Å². The molecule has 0 atom stereocenters. The van der Waals surface area contributed by atoms with E-state index in [9.17, 15) is 0 Å². The lowest BCUT2D eigenvalue weighted by molar-refractivity contribution is -0.101. The van der Waals surface area contributed by atoms with Gasteiger partial charge in [-0.3, -0.25) is 0 Å². The molecule has 1 aliphatic heterocycles. The lowest BCUT2D eigenvalue weighted by Crippen LogP contribution is -2.36. The molecule has 6 nitrogen and oxygen atoms in total. The highest BCUT2D eigenvalue weighted by molar-refractivity contribution is 7.19. The number of nitrogens with zero attached hydrogens (tertiary/aromatic N) is 2. The number of rotatable bonds is 3. The number of hydrogen-bond acceptors (Lipinski definition) is 7. The topological polar surface area (TPSA) is 83.4 Å². The zero-order valence-corrected chi connectivity index (χ0v) is 12.3. The van der Waals surface area contributed by atoms with Gasteiger partial charge in [-0.05, 0) is 18.6 Å². The zero-order chi connectivity index (χ0) is 14.2. The summed E-state index contributed by atoms with van der Waals surface area (Å²) in [5.41, 5.74) is 6.35. The van der Waals surface area contributed by atoms with Crippen LogP contribution in [-0.2, 0) is 15.1 Å². The molecule has 0 unspecified atom stereocenters. The van der Waals surface area contributed by atoms with Crippen LogP contribution < -0.4 is 5.73 Å². The van der Waals surface area contributed by atoms with E-state index >= 15 is 0 Å². The fourth-order valence-corrected chi connectivity index (χ4v) is 3.30. The van der Waals surface area contributed by atoms with Gasteiger partial charge in [0.25, 0.3) is 5.89 Å². The molecule has 0 amide bonds. The van der Waals surface area contributed by atoms with Gasteiger partial charge in [0.2, 0.25) is 5.82 Å². The highest BCUT2D eigenvalue weighted by Gasteiger charge is 2.39. The van der Waals surface area contributed by atoms with Gasteiger partial charge in [-0.25, -0.2) is 0 Å². The molecule has 1 saturated heterocycles. The first-order chi connectivity index (χ1) is 9.64. The van der Waals surface area contributed by atoms with Crippen LogP contribution in [0.25, 0.3) is 10.8 Å². The molecule has 0 radical (unpaired) electrons. The summed E-state index contributed by atoms with van der Waals surface area (Å²) in [7, 11) is 1.68. The van der Waals surface area contributed by atoms with Crippen molar-refractivity contribution in [3.05, 3.63) is 17.5 Å². The van der Waals surface area contributed by atoms with E-state index in [0.29, 0.717) is 24.9 Å². The fraction of sp³-hybridized carbons (Fsp3) is 0.538. The van der Waals surface area contributed by atoms with Crippen LogP contribution in [0.4, 0.5) is 5.00 Å². The van der Waals surface area contributed by atoms with Crippen molar-refractivity contribution in [2.45, 2.75) is 25.4 Å². The lowest BCUT2D eigenvalue weighted by Gasteiger charge is -2.32. The van der Waals surface area contributed by atoms with Crippen LogP contribution >= 0.6 is 11.3 Å². The Morgan fingerprint density at radius 2 is 2.15 bits per heavy atom. The van der Waals surface area contributed by atoms with Gasteiger partial charge in [0.1, 0.15) is 5.60 Å². The van der Waals surface area contributed by atoms with E-state index in [4.69, 9.17) is 19.7 Å². The second-order valence-electron chi connectivity index (χ2n) is 4.89. The molecule has 0 saturated carbocycles. The standard InChI is InChI=1S/C13H17N3O3S/c1-8-7-9(14)20-10(8)11-15-12(16-19-11)13(17-2)3-5-18-6-4-13/h7H,3-6,14H2,1-2H3. The molecule has 0 spiro atoms. The van der Waals surface area contributed by atoms with Crippen LogP contribution in [0.2, 0.25) is 0 Å². The van der Waals surface area contributed by atoms with Gasteiger partial charge >= 0.3 is 0 Å². The minimum atomic E-state index is -0.503. The second kappa shape index (κ2) is 5.16. The van der Waals surface area contributed by atoms with E-state index in [1.54, 1.807) is 7.11 Å². The van der Waals surface area contributed by atoms with Crippen molar-refractivity contribution < 1.29 is 14.0 Å². The third kappa shape index (κ3) is 2.21. The van der Waals surface area contributed by atoms with E-state index in [1.807, 2.05) is 13.0 Å². The molecule has 2 aromatic heterocycles. The summed E-state index contributed by atoms with van der Waals surface area (Å²) in [5.74, 6) is 1.09. The average Bonchev–Trinajstić information content (AvgIpc) is 3.06. The van der Waals surface area contributed by atoms with Gasteiger partial charge in [0.05, 0.1) is 9.88 Å². The quantitative estimate of drug-likeness (QED) is 0.935. The van der Waals surface area contributed by atoms with Gasteiger partial charge < -0.3 is 19.7 Å². The van der Waals surface area contributed by atoms with Crippen LogP contribution in [-0.4, -0.2) is 30.5 Å². The summed E-state index contributed by atoms with van der Waals surface area (Å²) in [6.45, 7) is 3.26. The first-order valence-corrected chi connectivity index (χ1v) is 7.30. The van der Waals surface area contributed by atoms with E-state index in [2.05, 4.69) is 10.1 Å². The molecular formula is C13H17N3O3S. The van der Waals surface area contributed by atoms with Crippen molar-refractivity contribution in [3.8, 4) is 10.8 Å². The Bertz CT molecular complexity index is 602. The zero-order valence-electron chi connectivity index (χ0n) is 11.5. The summed E-state index contributed by atoms with van der Waals surface area (Å²) < 4.78 is 16.4. The molecule has 3 heterocycles. The van der Waals surface area contributed by atoms with Crippen molar-refractivity contribution in [3.63, 3.8) is 0 Å². The Morgan fingerprint density at radius 1 is 1.40 bits per heavy atom. The molecule has 2 aromatic rings. The first kappa shape index (κ1) is 13.5. The number of methoxy groups -OCH3 is 1. The highest BCUT2D eigenvalue weighted by atomic mass is 32.1. The van der Waals surface area contributed by atoms with E-state index in [-0.39, 0.29) is 0 Å². The summed E-state index contributed by atoms with van der Waals surface area (Å²) in [5, 5.41) is 4.85. The predicted octanol–water partition coefficient (Wildman–Crippen LogP) is 2.34. The summed E-state index contributed by atoms with van der Waals surface area (Å²) in [6.07, 6.45) is 1.46. The smallest absolute Gasteiger partial charge is 0.268 e. The van der Waals surface area contributed by atoms with Crippen LogP contribution in [0, 0.1) is 6.92 Å². The maximum atomic E-state index is 5.81. The number of aromatic nitrogens is 2. The number of nitrogens with two attached hydrogens (primary N) is 1. The Kier molecular flexibility index (Phi) is 3.49. The number of nitrogen functional groups attached to an aromatic ring is 1. The van der Waals surface area contributed by atoms with Crippen molar-refractivity contribution in [2.24, 2.45) is 0 Å². The normalized spacial score (nSPS) is 18.3. The van der Waals surface area contributed by atoms with Crippen LogP contribution in [0.5, 0.6) is 0 Å². The van der Waals surface area contributed by atoms with Gasteiger partial charge in [-0.1, -0.05) is 5.16 Å². The molecule has 3 rings (SSSR count). The Labute approximate surface area is 120 Å². The Hall–Kier alpha value is -1.44. The van der Waals surface area contributed by atoms with Gasteiger partial charge in [0, 0.05) is 33.2 Å². The maximum absolute atomic E-state index is 5.81. The van der Waals surface area contributed by atoms with Gasteiger partial charge in [-0.15, -0.1) is 11.3 Å². The molecule has 0 bridgehead atoms. The number of thiophene rings is 1. The molecule has 1 aliphatic rings. The predicted molar refractivity (Wildman–Crippen MR) is 75.5 cm³/mol. The fourth-order valence-electron chi connectivity index (χ4n) is 2.44. The maximum Gasteiger partial charge on any atom is 0.268 e. The Morgan fingerprint density at radius 3 is 2.75 bits per heavy atom. The molecule has 108 valence electrons. The molecule has 0 aromatic carbocycles. The molecular weight excluding hydrogens is 278 g/mol. The minimum absolute atomic E-state index is 0.502. The second-order valence-corrected chi connectivity index (χ2v) is 5.98. The average molecular weight is 295 g/mol. The van der Waals surface area contributed by atoms with Gasteiger partial charge in [0.15, 0.2) is 0 Å². The summed E-state index contributed by atoms with van der Waals surface area (Å²) in [6, 6.07) is 1.91. The van der Waals surface area contributed by atoms with Crippen molar-refractivity contribution in [2.75, 3.05) is 26.1 Å². The first-order valence-electron chi connectivity index (χ1n) is 6.48. The largest absolute Gasteiger partial charge is 0.391 e. The van der Waals surface area contributed by atoms with E-state index < -0.39 is 5.60 Å². The summed E-state index contributed by atoms with van der Waals surface area (Å²) >= 11 is 1.45. The van der Waals surface area contributed by atoms with E-state index in [0.717, 1.165) is 28.3 Å². The number of anilines is 1. The van der Waals surface area contributed by atoms with Crippen molar-refractivity contribution in [1.82, 2.24) is 10.1 Å². The molecule has 1 fully saturated rings. The number of aryl methyl sites for hydroxylation is 1. The lowest BCUT2D eigenvalue weighted by atomic mass is 9.93. The SMILES string of the molecule is COC1(c2noc(-c3sc(N)cc3C)n2)CCOCC1. The van der Waals surface area contributed by atoms with Crippen LogP contribution in [0.3, 0.4) is 0 Å². The monoisotopic (exact) mass is 295 g/mol. The summed E-state index contributed by atoms with van der Waals surface area (Å²) in [4.78, 5) is 5.43. The van der Waals surface area contributed by atoms with Crippen LogP contribution in [0.1, 0.15) is 24.2 Å². The highest BCUT2D eigenvalue weighted by Crippen LogP contribution is 2.37. The Balaban J connectivity index is 1.95. The third-order valence-corrected chi connectivity index (χ3v) is 4.71. The number of hydrogen-bond donors (Lipinski definition) is 1. The van der Waals surface area contributed by atoms with Crippen LogP contribution in [0.15, 0.2) is 10.6 Å². The van der Waals surface area contributed by atoms with Gasteiger partial charge in [-0.2, -0.15) is 4.98 Å². The third-order valence-electron chi connectivity index (χ3n) is 3.66.